The van der Waals surface area contributed by atoms with Crippen molar-refractivity contribution in [2.24, 2.45) is 0 Å². The normalized spacial score (nSPS) is 10.6. The van der Waals surface area contributed by atoms with Crippen molar-refractivity contribution in [3.8, 4) is 11.3 Å². The third-order valence-electron chi connectivity index (χ3n) is 2.66. The van der Waals surface area contributed by atoms with Crippen LogP contribution in [0.3, 0.4) is 0 Å². The van der Waals surface area contributed by atoms with E-state index in [1.807, 2.05) is 6.92 Å². The molecule has 5 heteroatoms. The highest BCUT2D eigenvalue weighted by Crippen LogP contribution is 2.31. The molecule has 2 N–H and O–H groups in total. The minimum absolute atomic E-state index is 0.324. The predicted molar refractivity (Wildman–Crippen MR) is 70.8 cm³/mol. The van der Waals surface area contributed by atoms with E-state index in [9.17, 15) is 4.39 Å². The Kier molecular flexibility index (Phi) is 3.77. The third-order valence-corrected chi connectivity index (χ3v) is 2.98. The van der Waals surface area contributed by atoms with Crippen molar-refractivity contribution in [3.05, 3.63) is 40.9 Å². The number of nitrogens with two attached hydrogens (primary N) is 1. The van der Waals surface area contributed by atoms with E-state index in [0.29, 0.717) is 22.1 Å². The summed E-state index contributed by atoms with van der Waals surface area (Å²) in [5, 5.41) is 0.324. The third kappa shape index (κ3) is 2.43. The lowest BCUT2D eigenvalue weighted by molar-refractivity contribution is 0.628. The first-order valence-corrected chi connectivity index (χ1v) is 6.06. The molecule has 0 bridgehead atoms. The molecule has 2 aromatic rings. The molecule has 0 fully saturated rings. The number of nitrogen functional groups attached to an aromatic ring is 1. The maximum atomic E-state index is 13.0. The largest absolute Gasteiger partial charge is 0.383 e. The zero-order chi connectivity index (χ0) is 13.1. The van der Waals surface area contributed by atoms with Gasteiger partial charge in [0.1, 0.15) is 18.0 Å². The number of rotatable bonds is 3. The first kappa shape index (κ1) is 12.8. The smallest absolute Gasteiger partial charge is 0.130 e. The van der Waals surface area contributed by atoms with E-state index in [2.05, 4.69) is 9.97 Å². The summed E-state index contributed by atoms with van der Waals surface area (Å²) in [6.45, 7) is 2.04. The molecule has 0 spiro atoms. The van der Waals surface area contributed by atoms with Crippen LogP contribution >= 0.6 is 11.6 Å². The summed E-state index contributed by atoms with van der Waals surface area (Å²) in [4.78, 5) is 8.20. The second-order valence-electron chi connectivity index (χ2n) is 3.96. The number of halogens is 2. The molecule has 1 heterocycles. The first-order valence-electron chi connectivity index (χ1n) is 5.68. The van der Waals surface area contributed by atoms with Gasteiger partial charge in [0.2, 0.25) is 0 Å². The number of nitrogens with zero attached hydrogens (tertiary/aromatic N) is 2. The van der Waals surface area contributed by atoms with Crippen LogP contribution in [0.5, 0.6) is 0 Å². The molecule has 0 saturated carbocycles. The van der Waals surface area contributed by atoms with Gasteiger partial charge < -0.3 is 5.73 Å². The number of hydrogen-bond donors (Lipinski definition) is 1. The van der Waals surface area contributed by atoms with Crippen molar-refractivity contribution in [2.45, 2.75) is 19.8 Å². The van der Waals surface area contributed by atoms with Crippen LogP contribution in [0.4, 0.5) is 10.2 Å². The van der Waals surface area contributed by atoms with Crippen molar-refractivity contribution in [2.75, 3.05) is 5.73 Å². The van der Waals surface area contributed by atoms with Crippen molar-refractivity contribution in [1.29, 1.82) is 0 Å². The number of anilines is 1. The molecular formula is C13H13ClFN3. The van der Waals surface area contributed by atoms with Gasteiger partial charge in [-0.05, 0) is 24.6 Å². The Balaban J connectivity index is 2.59. The maximum absolute atomic E-state index is 13.0. The molecule has 0 amide bonds. The van der Waals surface area contributed by atoms with Gasteiger partial charge >= 0.3 is 0 Å². The van der Waals surface area contributed by atoms with Crippen LogP contribution in [-0.2, 0) is 6.42 Å². The second kappa shape index (κ2) is 5.31. The molecular weight excluding hydrogens is 253 g/mol. The maximum Gasteiger partial charge on any atom is 0.130 e. The first-order chi connectivity index (χ1) is 8.63. The van der Waals surface area contributed by atoms with Gasteiger partial charge in [-0.25, -0.2) is 14.4 Å². The van der Waals surface area contributed by atoms with Gasteiger partial charge in [-0.3, -0.25) is 0 Å². The van der Waals surface area contributed by atoms with Crippen LogP contribution in [0.15, 0.2) is 24.5 Å². The fourth-order valence-electron chi connectivity index (χ4n) is 1.84. The summed E-state index contributed by atoms with van der Waals surface area (Å²) in [6.07, 6.45) is 3.07. The fraction of sp³-hybridized carbons (Fsp3) is 0.231. The van der Waals surface area contributed by atoms with E-state index >= 15 is 0 Å². The lowest BCUT2D eigenvalue weighted by atomic mass is 10.0. The summed E-state index contributed by atoms with van der Waals surface area (Å²) in [5.74, 6) is 0.0741. The summed E-state index contributed by atoms with van der Waals surface area (Å²) in [5.41, 5.74) is 8.06. The van der Waals surface area contributed by atoms with Crippen LogP contribution in [0.25, 0.3) is 11.3 Å². The lowest BCUT2D eigenvalue weighted by Crippen LogP contribution is -2.02. The van der Waals surface area contributed by atoms with Gasteiger partial charge in [-0.15, -0.1) is 0 Å². The van der Waals surface area contributed by atoms with E-state index in [0.717, 1.165) is 18.4 Å². The Labute approximate surface area is 110 Å². The standard InChI is InChI=1S/C13H13ClFN3/c1-2-3-10-12(17-7-18-13(10)16)9-5-4-8(15)6-11(9)14/h4-7H,2-3H2,1H3,(H2,16,17,18). The minimum Gasteiger partial charge on any atom is -0.383 e. The monoisotopic (exact) mass is 265 g/mol. The highest BCUT2D eigenvalue weighted by molar-refractivity contribution is 6.33. The Morgan fingerprint density at radius 2 is 2.11 bits per heavy atom. The molecule has 0 radical (unpaired) electrons. The van der Waals surface area contributed by atoms with Gasteiger partial charge in [0.05, 0.1) is 10.7 Å². The van der Waals surface area contributed by atoms with Gasteiger partial charge in [0.25, 0.3) is 0 Å². The Bertz CT molecular complexity index is 572. The van der Waals surface area contributed by atoms with Crippen molar-refractivity contribution >= 4 is 17.4 Å². The van der Waals surface area contributed by atoms with E-state index in [1.54, 1.807) is 6.07 Å². The van der Waals surface area contributed by atoms with Crippen LogP contribution in [0.1, 0.15) is 18.9 Å². The second-order valence-corrected chi connectivity index (χ2v) is 4.37. The Morgan fingerprint density at radius 3 is 2.78 bits per heavy atom. The molecule has 0 aliphatic rings. The van der Waals surface area contributed by atoms with Crippen molar-refractivity contribution in [1.82, 2.24) is 9.97 Å². The minimum atomic E-state index is -0.372. The zero-order valence-corrected chi connectivity index (χ0v) is 10.7. The van der Waals surface area contributed by atoms with Crippen LogP contribution in [-0.4, -0.2) is 9.97 Å². The van der Waals surface area contributed by atoms with Gasteiger partial charge in [0.15, 0.2) is 0 Å². The van der Waals surface area contributed by atoms with Gasteiger partial charge in [-0.1, -0.05) is 24.9 Å². The molecule has 18 heavy (non-hydrogen) atoms. The molecule has 2 rings (SSSR count). The predicted octanol–water partition coefficient (Wildman–Crippen LogP) is 3.47. The number of aromatic nitrogens is 2. The number of hydrogen-bond acceptors (Lipinski definition) is 3. The Morgan fingerprint density at radius 1 is 1.33 bits per heavy atom. The molecule has 0 aliphatic carbocycles. The van der Waals surface area contributed by atoms with E-state index in [4.69, 9.17) is 17.3 Å². The molecule has 3 nitrogen and oxygen atoms in total. The topological polar surface area (TPSA) is 51.8 Å². The zero-order valence-electron chi connectivity index (χ0n) is 9.95. The SMILES string of the molecule is CCCc1c(N)ncnc1-c1ccc(F)cc1Cl. The van der Waals surface area contributed by atoms with E-state index < -0.39 is 0 Å². The highest BCUT2D eigenvalue weighted by Gasteiger charge is 2.13. The van der Waals surface area contributed by atoms with Crippen molar-refractivity contribution in [3.63, 3.8) is 0 Å². The highest BCUT2D eigenvalue weighted by atomic mass is 35.5. The van der Waals surface area contributed by atoms with E-state index in [1.165, 1.54) is 18.5 Å². The molecule has 94 valence electrons. The van der Waals surface area contributed by atoms with Crippen molar-refractivity contribution < 1.29 is 4.39 Å². The molecule has 0 atom stereocenters. The van der Waals surface area contributed by atoms with E-state index in [-0.39, 0.29) is 5.82 Å². The summed E-state index contributed by atoms with van der Waals surface area (Å²) in [7, 11) is 0. The summed E-state index contributed by atoms with van der Waals surface area (Å²) in [6, 6.07) is 4.23. The van der Waals surface area contributed by atoms with Gasteiger partial charge in [-0.2, -0.15) is 0 Å². The lowest BCUT2D eigenvalue weighted by Gasteiger charge is -2.11. The molecule has 1 aromatic carbocycles. The molecule has 0 saturated heterocycles. The summed E-state index contributed by atoms with van der Waals surface area (Å²) < 4.78 is 13.0. The quantitative estimate of drug-likeness (QED) is 0.924. The summed E-state index contributed by atoms with van der Waals surface area (Å²) >= 11 is 6.05. The van der Waals surface area contributed by atoms with Crippen LogP contribution < -0.4 is 5.73 Å². The van der Waals surface area contributed by atoms with Crippen LogP contribution in [0.2, 0.25) is 5.02 Å². The average molecular weight is 266 g/mol. The molecule has 0 unspecified atom stereocenters. The average Bonchev–Trinajstić information content (AvgIpc) is 2.32. The molecule has 1 aromatic heterocycles. The number of benzene rings is 1. The molecule has 0 aliphatic heterocycles. The fourth-order valence-corrected chi connectivity index (χ4v) is 2.09. The Hall–Kier alpha value is -1.68. The van der Waals surface area contributed by atoms with Crippen LogP contribution in [0, 0.1) is 5.82 Å². The van der Waals surface area contributed by atoms with Gasteiger partial charge in [0, 0.05) is 11.1 Å².